The van der Waals surface area contributed by atoms with Crippen LogP contribution in [0.3, 0.4) is 0 Å². The van der Waals surface area contributed by atoms with Gasteiger partial charge in [-0.05, 0) is 41.4 Å². The molecule has 0 saturated heterocycles. The molecule has 6 heteroatoms. The van der Waals surface area contributed by atoms with Gasteiger partial charge >= 0.3 is 5.97 Å². The van der Waals surface area contributed by atoms with Crippen molar-refractivity contribution in [2.24, 2.45) is 5.73 Å². The standard InChI is InChI=1S/C12H15BrFNO2S/c1-12(2,10(15)11(16)17)18-6-7-4-3-5-8(14)9(7)13/h3-5,10H,6,15H2,1-2H3,(H,16,17)/t10-/m0/s1. The van der Waals surface area contributed by atoms with Crippen molar-refractivity contribution in [1.82, 2.24) is 0 Å². The quantitative estimate of drug-likeness (QED) is 0.868. The van der Waals surface area contributed by atoms with Gasteiger partial charge in [0.25, 0.3) is 0 Å². The molecule has 0 spiro atoms. The zero-order valence-corrected chi connectivity index (χ0v) is 12.5. The lowest BCUT2D eigenvalue weighted by Crippen LogP contribution is -2.46. The fraction of sp³-hybridized carbons (Fsp3) is 0.417. The average Bonchev–Trinajstić information content (AvgIpc) is 2.30. The fourth-order valence-corrected chi connectivity index (χ4v) is 2.95. The maximum Gasteiger partial charge on any atom is 0.321 e. The number of hydrogen-bond donors (Lipinski definition) is 2. The topological polar surface area (TPSA) is 63.3 Å². The number of benzene rings is 1. The van der Waals surface area contributed by atoms with Crippen LogP contribution in [0.1, 0.15) is 19.4 Å². The first-order valence-corrected chi connectivity index (χ1v) is 7.09. The maximum atomic E-state index is 13.3. The number of carbonyl (C=O) groups is 1. The van der Waals surface area contributed by atoms with E-state index in [0.29, 0.717) is 10.2 Å². The second-order valence-corrected chi connectivity index (χ2v) is 6.84. The van der Waals surface area contributed by atoms with E-state index in [1.54, 1.807) is 26.0 Å². The minimum atomic E-state index is -1.04. The molecule has 3 N–H and O–H groups in total. The predicted octanol–water partition coefficient (Wildman–Crippen LogP) is 3.01. The van der Waals surface area contributed by atoms with Gasteiger partial charge in [-0.3, -0.25) is 4.79 Å². The Morgan fingerprint density at radius 2 is 2.22 bits per heavy atom. The monoisotopic (exact) mass is 335 g/mol. The molecule has 18 heavy (non-hydrogen) atoms. The van der Waals surface area contributed by atoms with E-state index in [9.17, 15) is 9.18 Å². The molecule has 0 radical (unpaired) electrons. The molecule has 0 heterocycles. The highest BCUT2D eigenvalue weighted by atomic mass is 79.9. The van der Waals surface area contributed by atoms with Gasteiger partial charge in [0, 0.05) is 10.5 Å². The number of carboxylic acids is 1. The first-order valence-electron chi connectivity index (χ1n) is 5.31. The van der Waals surface area contributed by atoms with Crippen molar-refractivity contribution in [3.05, 3.63) is 34.1 Å². The summed E-state index contributed by atoms with van der Waals surface area (Å²) in [6.45, 7) is 3.54. The molecule has 0 amide bonds. The number of aliphatic carboxylic acids is 1. The summed E-state index contributed by atoms with van der Waals surface area (Å²) in [5, 5.41) is 8.91. The van der Waals surface area contributed by atoms with Crippen molar-refractivity contribution >= 4 is 33.7 Å². The van der Waals surface area contributed by atoms with Crippen LogP contribution in [0.4, 0.5) is 4.39 Å². The molecule has 0 aliphatic carbocycles. The zero-order chi connectivity index (χ0) is 13.9. The molecular formula is C12H15BrFNO2S. The highest BCUT2D eigenvalue weighted by molar-refractivity contribution is 9.10. The van der Waals surface area contributed by atoms with Gasteiger partial charge in [-0.2, -0.15) is 0 Å². The van der Waals surface area contributed by atoms with Crippen molar-refractivity contribution in [3.63, 3.8) is 0 Å². The Kier molecular flexibility index (Phi) is 5.19. The number of halogens is 2. The van der Waals surface area contributed by atoms with Crippen LogP contribution in [-0.2, 0) is 10.5 Å². The van der Waals surface area contributed by atoms with Crippen LogP contribution in [0.25, 0.3) is 0 Å². The van der Waals surface area contributed by atoms with Crippen molar-refractivity contribution in [2.45, 2.75) is 30.4 Å². The minimum Gasteiger partial charge on any atom is -0.480 e. The van der Waals surface area contributed by atoms with Gasteiger partial charge in [-0.25, -0.2) is 4.39 Å². The highest BCUT2D eigenvalue weighted by Crippen LogP contribution is 2.33. The van der Waals surface area contributed by atoms with Gasteiger partial charge in [0.05, 0.1) is 4.47 Å². The number of rotatable bonds is 5. The Hall–Kier alpha value is -0.590. The molecule has 0 saturated carbocycles. The number of thioether (sulfide) groups is 1. The highest BCUT2D eigenvalue weighted by Gasteiger charge is 2.32. The molecule has 3 nitrogen and oxygen atoms in total. The first-order chi connectivity index (χ1) is 8.25. The van der Waals surface area contributed by atoms with Crippen molar-refractivity contribution < 1.29 is 14.3 Å². The van der Waals surface area contributed by atoms with Gasteiger partial charge in [0.15, 0.2) is 0 Å². The molecule has 1 atom stereocenters. The van der Waals surface area contributed by atoms with Crippen LogP contribution in [-0.4, -0.2) is 21.9 Å². The summed E-state index contributed by atoms with van der Waals surface area (Å²) in [6.07, 6.45) is 0. The summed E-state index contributed by atoms with van der Waals surface area (Å²) in [4.78, 5) is 10.9. The molecule has 0 aromatic heterocycles. The van der Waals surface area contributed by atoms with E-state index in [0.717, 1.165) is 5.56 Å². The third-order valence-corrected chi connectivity index (χ3v) is 4.99. The van der Waals surface area contributed by atoms with Gasteiger partial charge in [-0.1, -0.05) is 12.1 Å². The largest absolute Gasteiger partial charge is 0.480 e. The van der Waals surface area contributed by atoms with E-state index in [2.05, 4.69) is 15.9 Å². The van der Waals surface area contributed by atoms with Crippen molar-refractivity contribution in [3.8, 4) is 0 Å². The molecule has 0 bridgehead atoms. The molecule has 1 aromatic carbocycles. The third-order valence-electron chi connectivity index (χ3n) is 2.65. The number of hydrogen-bond acceptors (Lipinski definition) is 3. The van der Waals surface area contributed by atoms with E-state index >= 15 is 0 Å². The number of nitrogens with two attached hydrogens (primary N) is 1. The van der Waals surface area contributed by atoms with Crippen LogP contribution in [0.15, 0.2) is 22.7 Å². The van der Waals surface area contributed by atoms with Crippen LogP contribution in [0.2, 0.25) is 0 Å². The van der Waals surface area contributed by atoms with Crippen molar-refractivity contribution in [1.29, 1.82) is 0 Å². The number of carboxylic acid groups (broad SMARTS) is 1. The smallest absolute Gasteiger partial charge is 0.321 e. The second-order valence-electron chi connectivity index (χ2n) is 4.42. The molecule has 100 valence electrons. The Bertz CT molecular complexity index is 454. The van der Waals surface area contributed by atoms with Crippen LogP contribution < -0.4 is 5.73 Å². The molecule has 1 aromatic rings. The Morgan fingerprint density at radius 1 is 1.61 bits per heavy atom. The maximum absolute atomic E-state index is 13.3. The summed E-state index contributed by atoms with van der Waals surface area (Å²) in [6, 6.07) is 3.82. The van der Waals surface area contributed by atoms with E-state index in [1.165, 1.54) is 17.8 Å². The normalized spacial score (nSPS) is 13.4. The summed E-state index contributed by atoms with van der Waals surface area (Å²) in [5.74, 6) is -0.869. The molecular weight excluding hydrogens is 321 g/mol. The van der Waals surface area contributed by atoms with Gasteiger partial charge in [-0.15, -0.1) is 11.8 Å². The summed E-state index contributed by atoms with van der Waals surface area (Å²) >= 11 is 4.57. The van der Waals surface area contributed by atoms with Crippen molar-refractivity contribution in [2.75, 3.05) is 0 Å². The molecule has 0 aliphatic heterocycles. The lowest BCUT2D eigenvalue weighted by molar-refractivity contribution is -0.139. The summed E-state index contributed by atoms with van der Waals surface area (Å²) in [5.41, 5.74) is 6.40. The van der Waals surface area contributed by atoms with Crippen LogP contribution in [0.5, 0.6) is 0 Å². The minimum absolute atomic E-state index is 0.326. The lowest BCUT2D eigenvalue weighted by Gasteiger charge is -2.28. The van der Waals surface area contributed by atoms with Gasteiger partial charge in [0.1, 0.15) is 11.9 Å². The Labute approximate surface area is 118 Å². The van der Waals surface area contributed by atoms with Crippen LogP contribution >= 0.6 is 27.7 Å². The first kappa shape index (κ1) is 15.5. The molecule has 0 fully saturated rings. The molecule has 1 rings (SSSR count). The Balaban J connectivity index is 2.76. The summed E-state index contributed by atoms with van der Waals surface area (Å²) < 4.78 is 13.1. The third kappa shape index (κ3) is 3.70. The SMILES string of the molecule is CC(C)(SCc1cccc(F)c1Br)[C@@H](N)C(=O)O. The average molecular weight is 336 g/mol. The van der Waals surface area contributed by atoms with Crippen LogP contribution in [0, 0.1) is 5.82 Å². The molecule has 0 unspecified atom stereocenters. The predicted molar refractivity (Wildman–Crippen MR) is 75.1 cm³/mol. The zero-order valence-electron chi connectivity index (χ0n) is 10.1. The van der Waals surface area contributed by atoms with Gasteiger partial charge in [0.2, 0.25) is 0 Å². The van der Waals surface area contributed by atoms with E-state index in [-0.39, 0.29) is 5.82 Å². The second kappa shape index (κ2) is 6.04. The summed E-state index contributed by atoms with van der Waals surface area (Å²) in [7, 11) is 0. The van der Waals surface area contributed by atoms with E-state index in [4.69, 9.17) is 10.8 Å². The fourth-order valence-electron chi connectivity index (χ4n) is 1.31. The van der Waals surface area contributed by atoms with E-state index in [1.807, 2.05) is 0 Å². The van der Waals surface area contributed by atoms with Gasteiger partial charge < -0.3 is 10.8 Å². The lowest BCUT2D eigenvalue weighted by atomic mass is 10.1. The molecule has 0 aliphatic rings. The Morgan fingerprint density at radius 3 is 2.78 bits per heavy atom. The van der Waals surface area contributed by atoms with E-state index < -0.39 is 16.8 Å².